The van der Waals surface area contributed by atoms with E-state index in [-0.39, 0.29) is 6.61 Å². The molecule has 0 heterocycles. The maximum Gasteiger partial charge on any atom is 0.337 e. The van der Waals surface area contributed by atoms with Crippen LogP contribution in [0.4, 0.5) is 0 Å². The third kappa shape index (κ3) is 4.76. The summed E-state index contributed by atoms with van der Waals surface area (Å²) in [6, 6.07) is 18.4. The van der Waals surface area contributed by atoms with Crippen LogP contribution in [-0.4, -0.2) is 26.2 Å². The number of carbonyl (C=O) groups excluding carboxylic acids is 2. The Morgan fingerprint density at radius 3 is 2.32 bits per heavy atom. The number of fused-ring (bicyclic) bond motifs is 1. The van der Waals surface area contributed by atoms with Gasteiger partial charge in [-0.05, 0) is 58.3 Å². The molecule has 3 aromatic rings. The molecule has 0 aliphatic rings. The fourth-order valence-electron chi connectivity index (χ4n) is 2.69. The number of hydrogen-bond donors (Lipinski definition) is 0. The van der Waals surface area contributed by atoms with E-state index >= 15 is 0 Å². The molecule has 0 aromatic heterocycles. The Morgan fingerprint density at radius 2 is 1.61 bits per heavy atom. The highest BCUT2D eigenvalue weighted by Gasteiger charge is 2.05. The molecular formula is C23H20O5. The number of benzene rings is 3. The van der Waals surface area contributed by atoms with Crippen molar-refractivity contribution in [3.63, 3.8) is 0 Å². The fourth-order valence-corrected chi connectivity index (χ4v) is 2.69. The summed E-state index contributed by atoms with van der Waals surface area (Å²) in [5.74, 6) is -0.0360. The lowest BCUT2D eigenvalue weighted by Gasteiger charge is -2.04. The van der Waals surface area contributed by atoms with Crippen molar-refractivity contribution >= 4 is 28.8 Å². The van der Waals surface area contributed by atoms with Gasteiger partial charge in [-0.1, -0.05) is 30.3 Å². The van der Waals surface area contributed by atoms with Crippen LogP contribution in [0.25, 0.3) is 16.8 Å². The smallest absolute Gasteiger partial charge is 0.337 e. The van der Waals surface area contributed by atoms with E-state index in [1.165, 1.54) is 13.2 Å². The molecule has 0 amide bonds. The average molecular weight is 376 g/mol. The average Bonchev–Trinajstić information content (AvgIpc) is 2.75. The summed E-state index contributed by atoms with van der Waals surface area (Å²) in [5, 5.41) is 2.12. The molecular weight excluding hydrogens is 356 g/mol. The minimum absolute atomic E-state index is 0.127. The van der Waals surface area contributed by atoms with Gasteiger partial charge < -0.3 is 14.2 Å². The predicted octanol–water partition coefficient (Wildman–Crippen LogP) is 4.39. The molecule has 0 aliphatic heterocycles. The minimum atomic E-state index is -0.438. The second-order valence-corrected chi connectivity index (χ2v) is 6.10. The van der Waals surface area contributed by atoms with Crippen molar-refractivity contribution < 1.29 is 23.8 Å². The van der Waals surface area contributed by atoms with E-state index in [4.69, 9.17) is 9.47 Å². The first-order valence-corrected chi connectivity index (χ1v) is 8.69. The molecule has 0 fully saturated rings. The lowest BCUT2D eigenvalue weighted by molar-refractivity contribution is -0.138. The molecule has 0 spiro atoms. The summed E-state index contributed by atoms with van der Waals surface area (Å²) in [6.45, 7) is 0.127. The molecule has 0 saturated heterocycles. The first kappa shape index (κ1) is 19.2. The van der Waals surface area contributed by atoms with E-state index in [2.05, 4.69) is 4.74 Å². The Bertz CT molecular complexity index is 1020. The van der Waals surface area contributed by atoms with Gasteiger partial charge in [-0.2, -0.15) is 0 Å². The molecule has 28 heavy (non-hydrogen) atoms. The van der Waals surface area contributed by atoms with Crippen molar-refractivity contribution in [3.05, 3.63) is 83.4 Å². The molecule has 3 rings (SSSR count). The van der Waals surface area contributed by atoms with Gasteiger partial charge in [0.15, 0.2) is 0 Å². The molecule has 5 heteroatoms. The number of carbonyl (C=O) groups is 2. The van der Waals surface area contributed by atoms with Crippen molar-refractivity contribution in [2.24, 2.45) is 0 Å². The van der Waals surface area contributed by atoms with E-state index in [0.29, 0.717) is 5.56 Å². The van der Waals surface area contributed by atoms with Gasteiger partial charge in [-0.25, -0.2) is 9.59 Å². The van der Waals surface area contributed by atoms with Crippen LogP contribution in [-0.2, 0) is 20.9 Å². The number of methoxy groups -OCH3 is 2. The zero-order valence-corrected chi connectivity index (χ0v) is 15.7. The van der Waals surface area contributed by atoms with Crippen LogP contribution in [0.15, 0.2) is 66.7 Å². The lowest BCUT2D eigenvalue weighted by Crippen LogP contribution is -2.03. The Morgan fingerprint density at radius 1 is 0.893 bits per heavy atom. The van der Waals surface area contributed by atoms with Crippen LogP contribution in [0.1, 0.15) is 21.5 Å². The first-order chi connectivity index (χ1) is 13.6. The van der Waals surface area contributed by atoms with Gasteiger partial charge in [0.25, 0.3) is 0 Å². The fraction of sp³-hybridized carbons (Fsp3) is 0.130. The third-order valence-electron chi connectivity index (χ3n) is 4.24. The molecule has 0 saturated carbocycles. The number of ether oxygens (including phenoxy) is 3. The third-order valence-corrected chi connectivity index (χ3v) is 4.24. The van der Waals surface area contributed by atoms with Crippen LogP contribution < -0.4 is 4.74 Å². The first-order valence-electron chi connectivity index (χ1n) is 8.69. The van der Waals surface area contributed by atoms with Crippen LogP contribution in [0.3, 0.4) is 0 Å². The number of esters is 2. The molecule has 142 valence electrons. The van der Waals surface area contributed by atoms with E-state index in [9.17, 15) is 9.59 Å². The SMILES string of the molecule is COC(=O)c1ccc(COC(=O)/C=C/c2ccc3cc(OC)ccc3c2)cc1. The normalized spacial score (nSPS) is 10.8. The highest BCUT2D eigenvalue weighted by Crippen LogP contribution is 2.22. The molecule has 0 aliphatic carbocycles. The zero-order valence-electron chi connectivity index (χ0n) is 15.7. The number of hydrogen-bond acceptors (Lipinski definition) is 5. The summed E-state index contributed by atoms with van der Waals surface area (Å²) in [5.41, 5.74) is 2.14. The molecule has 0 atom stereocenters. The van der Waals surface area contributed by atoms with Gasteiger partial charge in [0.1, 0.15) is 12.4 Å². The van der Waals surface area contributed by atoms with E-state index in [0.717, 1.165) is 27.6 Å². The Hall–Kier alpha value is -3.60. The second-order valence-electron chi connectivity index (χ2n) is 6.10. The molecule has 0 radical (unpaired) electrons. The highest BCUT2D eigenvalue weighted by atomic mass is 16.5. The summed E-state index contributed by atoms with van der Waals surface area (Å²) >= 11 is 0. The number of rotatable bonds is 6. The van der Waals surface area contributed by atoms with Crippen LogP contribution in [0.2, 0.25) is 0 Å². The standard InChI is InChI=1S/C23H20O5/c1-26-21-11-10-19-13-16(3-9-20(19)14-21)6-12-22(24)28-15-17-4-7-18(8-5-17)23(25)27-2/h3-14H,15H2,1-2H3/b12-6+. The quantitative estimate of drug-likeness (QED) is 0.472. The predicted molar refractivity (Wildman–Crippen MR) is 107 cm³/mol. The van der Waals surface area contributed by atoms with Gasteiger partial charge >= 0.3 is 11.9 Å². The van der Waals surface area contributed by atoms with Crippen LogP contribution in [0.5, 0.6) is 5.75 Å². The van der Waals surface area contributed by atoms with Gasteiger partial charge in [0, 0.05) is 6.08 Å². The topological polar surface area (TPSA) is 61.8 Å². The van der Waals surface area contributed by atoms with Gasteiger partial charge in [0.2, 0.25) is 0 Å². The Kier molecular flexibility index (Phi) is 6.07. The Balaban J connectivity index is 1.59. The Labute approximate surface area is 163 Å². The summed E-state index contributed by atoms with van der Waals surface area (Å²) < 4.78 is 15.1. The van der Waals surface area contributed by atoms with E-state index in [1.54, 1.807) is 37.5 Å². The zero-order chi connectivity index (χ0) is 19.9. The molecule has 3 aromatic carbocycles. The lowest BCUT2D eigenvalue weighted by atomic mass is 10.1. The summed E-state index contributed by atoms with van der Waals surface area (Å²) in [7, 11) is 2.97. The monoisotopic (exact) mass is 376 g/mol. The highest BCUT2D eigenvalue weighted by molar-refractivity contribution is 5.90. The minimum Gasteiger partial charge on any atom is -0.497 e. The van der Waals surface area contributed by atoms with Crippen molar-refractivity contribution in [1.29, 1.82) is 0 Å². The molecule has 5 nitrogen and oxygen atoms in total. The van der Waals surface area contributed by atoms with Gasteiger partial charge in [0.05, 0.1) is 19.8 Å². The van der Waals surface area contributed by atoms with Gasteiger partial charge in [-0.15, -0.1) is 0 Å². The maximum absolute atomic E-state index is 12.0. The molecule has 0 bridgehead atoms. The largest absolute Gasteiger partial charge is 0.497 e. The van der Waals surface area contributed by atoms with Crippen LogP contribution >= 0.6 is 0 Å². The van der Waals surface area contributed by atoms with Crippen molar-refractivity contribution in [2.45, 2.75) is 6.61 Å². The molecule has 0 N–H and O–H groups in total. The van der Waals surface area contributed by atoms with Crippen LogP contribution in [0, 0.1) is 0 Å². The second kappa shape index (κ2) is 8.86. The molecule has 0 unspecified atom stereocenters. The van der Waals surface area contributed by atoms with E-state index < -0.39 is 11.9 Å². The summed E-state index contributed by atoms with van der Waals surface area (Å²) in [6.07, 6.45) is 3.11. The van der Waals surface area contributed by atoms with Gasteiger partial charge in [-0.3, -0.25) is 0 Å². The van der Waals surface area contributed by atoms with E-state index in [1.807, 2.05) is 36.4 Å². The van der Waals surface area contributed by atoms with Crippen molar-refractivity contribution in [3.8, 4) is 5.75 Å². The van der Waals surface area contributed by atoms with Crippen molar-refractivity contribution in [2.75, 3.05) is 14.2 Å². The maximum atomic E-state index is 12.0. The summed E-state index contributed by atoms with van der Waals surface area (Å²) in [4.78, 5) is 23.4. The van der Waals surface area contributed by atoms with Crippen molar-refractivity contribution in [1.82, 2.24) is 0 Å².